The molecule has 2 aromatic heterocycles. The normalized spacial score (nSPS) is 20.7. The van der Waals surface area contributed by atoms with Crippen LogP contribution in [0, 0.1) is 17.4 Å². The number of aryl methyl sites for hydroxylation is 1. The maximum Gasteiger partial charge on any atom is 0.343 e. The van der Waals surface area contributed by atoms with Crippen LogP contribution in [-0.2, 0) is 45.9 Å². The number of nitrogens with zero attached hydrogens (tertiary/aromatic N) is 2. The molecule has 1 unspecified atom stereocenters. The topological polar surface area (TPSA) is 114 Å². The second-order valence-electron chi connectivity index (χ2n) is 11.6. The van der Waals surface area contributed by atoms with Crippen molar-refractivity contribution in [3.05, 3.63) is 91.9 Å². The zero-order valence-electron chi connectivity index (χ0n) is 23.7. The van der Waals surface area contributed by atoms with Crippen molar-refractivity contribution in [3.8, 4) is 11.4 Å². The molecule has 0 bridgehead atoms. The third-order valence-electron chi connectivity index (χ3n) is 9.27. The standard InChI is InChI=1S/C33H30FN3O5S/c1-3-33(41)21-12-25-29-19(14-37(25)31(43)20(21)15-42-32(33)40)28-23(36-30(39)26(38)11-17-7-5-4-6-8-17)10-9-18-16(2)22(34)13-24(35-29)27(18)28/h4-8,12-13,23,26,38,41H,3,9-11,14-15H2,1-2H3,(H,36,39)/t23-,26?,33-/m0/s1. The van der Waals surface area contributed by atoms with E-state index in [-0.39, 0.29) is 25.3 Å². The molecule has 2 aliphatic heterocycles. The van der Waals surface area contributed by atoms with Crippen LogP contribution in [0.25, 0.3) is 22.3 Å². The van der Waals surface area contributed by atoms with E-state index in [1.165, 1.54) is 6.07 Å². The summed E-state index contributed by atoms with van der Waals surface area (Å²) in [6, 6.07) is 12.0. The van der Waals surface area contributed by atoms with Gasteiger partial charge in [-0.25, -0.2) is 14.2 Å². The average molecular weight is 600 g/mol. The number of halogens is 1. The Bertz CT molecular complexity index is 1920. The van der Waals surface area contributed by atoms with Gasteiger partial charge in [-0.15, -0.1) is 0 Å². The first-order valence-electron chi connectivity index (χ1n) is 14.5. The summed E-state index contributed by atoms with van der Waals surface area (Å²) in [6.07, 6.45) is 0.0936. The summed E-state index contributed by atoms with van der Waals surface area (Å²) >= 11 is 5.88. The number of esters is 1. The Kier molecular flexibility index (Phi) is 6.50. The number of rotatable bonds is 5. The molecule has 43 heavy (non-hydrogen) atoms. The van der Waals surface area contributed by atoms with Gasteiger partial charge in [0.2, 0.25) is 5.91 Å². The predicted molar refractivity (Wildman–Crippen MR) is 159 cm³/mol. The second kappa shape index (κ2) is 10.0. The van der Waals surface area contributed by atoms with Crippen molar-refractivity contribution in [1.29, 1.82) is 0 Å². The van der Waals surface area contributed by atoms with Crippen LogP contribution >= 0.6 is 12.2 Å². The summed E-state index contributed by atoms with van der Waals surface area (Å²) in [5, 5.41) is 26.0. The highest BCUT2D eigenvalue weighted by Crippen LogP contribution is 2.47. The largest absolute Gasteiger partial charge is 0.458 e. The van der Waals surface area contributed by atoms with E-state index in [4.69, 9.17) is 21.9 Å². The summed E-state index contributed by atoms with van der Waals surface area (Å²) < 4.78 is 22.8. The van der Waals surface area contributed by atoms with Gasteiger partial charge in [0, 0.05) is 34.6 Å². The third-order valence-corrected chi connectivity index (χ3v) is 9.74. The minimum Gasteiger partial charge on any atom is -0.458 e. The summed E-state index contributed by atoms with van der Waals surface area (Å²) in [7, 11) is 0. The first-order chi connectivity index (χ1) is 20.6. The molecule has 0 saturated carbocycles. The Hall–Kier alpha value is -3.99. The van der Waals surface area contributed by atoms with Crippen molar-refractivity contribution in [2.75, 3.05) is 0 Å². The molecule has 1 amide bonds. The van der Waals surface area contributed by atoms with Crippen LogP contribution in [0.15, 0.2) is 42.5 Å². The average Bonchev–Trinajstić information content (AvgIpc) is 3.37. The molecule has 3 aliphatic rings. The van der Waals surface area contributed by atoms with Crippen LogP contribution in [0.5, 0.6) is 0 Å². The van der Waals surface area contributed by atoms with Gasteiger partial charge in [0.25, 0.3) is 0 Å². The second-order valence-corrected chi connectivity index (χ2v) is 12.0. The minimum atomic E-state index is -1.84. The molecule has 4 heterocycles. The van der Waals surface area contributed by atoms with Crippen molar-refractivity contribution in [3.63, 3.8) is 0 Å². The zero-order chi connectivity index (χ0) is 30.2. The van der Waals surface area contributed by atoms with Gasteiger partial charge < -0.3 is 24.8 Å². The van der Waals surface area contributed by atoms with E-state index in [1.807, 2.05) is 34.9 Å². The van der Waals surface area contributed by atoms with Crippen LogP contribution in [0.3, 0.4) is 0 Å². The Morgan fingerprint density at radius 2 is 2.02 bits per heavy atom. The zero-order valence-corrected chi connectivity index (χ0v) is 24.6. The molecule has 0 saturated heterocycles. The smallest absolute Gasteiger partial charge is 0.343 e. The van der Waals surface area contributed by atoms with Gasteiger partial charge in [-0.1, -0.05) is 49.5 Å². The fourth-order valence-electron chi connectivity index (χ4n) is 6.90. The van der Waals surface area contributed by atoms with Crippen LogP contribution in [0.4, 0.5) is 4.39 Å². The van der Waals surface area contributed by atoms with Crippen molar-refractivity contribution in [1.82, 2.24) is 14.9 Å². The summed E-state index contributed by atoms with van der Waals surface area (Å²) in [6.45, 7) is 3.77. The van der Waals surface area contributed by atoms with E-state index in [0.29, 0.717) is 57.6 Å². The molecule has 3 atom stereocenters. The third kappa shape index (κ3) is 4.15. The van der Waals surface area contributed by atoms with E-state index in [0.717, 1.165) is 27.6 Å². The maximum absolute atomic E-state index is 15.2. The lowest BCUT2D eigenvalue weighted by Crippen LogP contribution is -2.41. The van der Waals surface area contributed by atoms with Gasteiger partial charge in [-0.2, -0.15) is 0 Å². The molecule has 0 fully saturated rings. The van der Waals surface area contributed by atoms with Crippen molar-refractivity contribution in [2.24, 2.45) is 0 Å². The van der Waals surface area contributed by atoms with Gasteiger partial charge in [0.05, 0.1) is 29.5 Å². The lowest BCUT2D eigenvalue weighted by molar-refractivity contribution is -0.172. The summed E-state index contributed by atoms with van der Waals surface area (Å²) in [4.78, 5) is 30.9. The Balaban J connectivity index is 1.38. The highest BCUT2D eigenvalue weighted by atomic mass is 32.1. The number of benzene rings is 2. The van der Waals surface area contributed by atoms with E-state index in [9.17, 15) is 19.8 Å². The highest BCUT2D eigenvalue weighted by molar-refractivity contribution is 7.71. The Morgan fingerprint density at radius 3 is 2.77 bits per heavy atom. The van der Waals surface area contributed by atoms with Crippen molar-refractivity contribution < 1.29 is 28.9 Å². The number of nitrogens with one attached hydrogen (secondary N) is 1. The molecule has 7 rings (SSSR count). The summed E-state index contributed by atoms with van der Waals surface area (Å²) in [5.74, 6) is -1.56. The fourth-order valence-corrected chi connectivity index (χ4v) is 7.23. The Labute approximate surface area is 252 Å². The monoisotopic (exact) mass is 599 g/mol. The molecular weight excluding hydrogens is 569 g/mol. The van der Waals surface area contributed by atoms with Gasteiger partial charge >= 0.3 is 5.97 Å². The van der Waals surface area contributed by atoms with Gasteiger partial charge in [0.1, 0.15) is 23.2 Å². The molecular formula is C33H30FN3O5S. The highest BCUT2D eigenvalue weighted by Gasteiger charge is 2.45. The molecule has 0 radical (unpaired) electrons. The van der Waals surface area contributed by atoms with Crippen molar-refractivity contribution in [2.45, 2.75) is 70.4 Å². The number of aliphatic hydroxyl groups excluding tert-OH is 1. The molecule has 1 aliphatic carbocycles. The fraction of sp³-hybridized carbons (Fsp3) is 0.333. The number of carbonyl (C=O) groups excluding carboxylic acids is 2. The molecule has 10 heteroatoms. The Morgan fingerprint density at radius 1 is 1.26 bits per heavy atom. The number of carbonyl (C=O) groups is 2. The number of fused-ring (bicyclic) bond motifs is 5. The lowest BCUT2D eigenvalue weighted by atomic mass is 9.81. The number of aliphatic hydroxyl groups is 2. The maximum atomic E-state index is 15.2. The van der Waals surface area contributed by atoms with Crippen molar-refractivity contribution >= 4 is 35.0 Å². The number of hydrogen-bond acceptors (Lipinski definition) is 7. The number of amides is 1. The van der Waals surface area contributed by atoms with E-state index < -0.39 is 29.6 Å². The SMILES string of the molecule is CC[C@@]1(O)C(=O)OCc2c1cc1n(c2=S)Cc2c-1nc1cc(F)c(C)c3c1c2[C@@H](NC(=O)C(O)Cc1ccccc1)CC3. The van der Waals surface area contributed by atoms with Crippen LogP contribution < -0.4 is 5.32 Å². The number of ether oxygens (including phenoxy) is 1. The van der Waals surface area contributed by atoms with Crippen LogP contribution in [0.2, 0.25) is 0 Å². The molecule has 3 N–H and O–H groups in total. The van der Waals surface area contributed by atoms with E-state index in [1.54, 1.807) is 19.9 Å². The van der Waals surface area contributed by atoms with E-state index in [2.05, 4.69) is 5.32 Å². The molecule has 220 valence electrons. The van der Waals surface area contributed by atoms with Gasteiger partial charge in [0.15, 0.2) is 5.60 Å². The molecule has 4 aromatic rings. The van der Waals surface area contributed by atoms with E-state index >= 15 is 4.39 Å². The predicted octanol–water partition coefficient (Wildman–Crippen LogP) is 4.60. The van der Waals surface area contributed by atoms with Gasteiger partial charge in [-0.3, -0.25) is 4.79 Å². The van der Waals surface area contributed by atoms with Gasteiger partial charge in [-0.05, 0) is 54.5 Å². The number of aromatic nitrogens is 2. The number of hydrogen-bond donors (Lipinski definition) is 3. The minimum absolute atomic E-state index is 0.0409. The molecule has 8 nitrogen and oxygen atoms in total. The molecule has 2 aromatic carbocycles. The first kappa shape index (κ1) is 27.8. The van der Waals surface area contributed by atoms with Crippen LogP contribution in [-0.4, -0.2) is 37.7 Å². The molecule has 0 spiro atoms. The number of cyclic esters (lactones) is 1. The quantitative estimate of drug-likeness (QED) is 0.200. The summed E-state index contributed by atoms with van der Waals surface area (Å²) in [5.41, 5.74) is 4.69. The number of pyridine rings is 2. The lowest BCUT2D eigenvalue weighted by Gasteiger charge is -2.32. The first-order valence-corrected chi connectivity index (χ1v) is 14.9. The van der Waals surface area contributed by atoms with Crippen LogP contribution in [0.1, 0.15) is 64.8 Å².